The second-order valence-corrected chi connectivity index (χ2v) is 5.84. The molecule has 0 spiro atoms. The van der Waals surface area contributed by atoms with E-state index in [4.69, 9.17) is 9.47 Å². The van der Waals surface area contributed by atoms with E-state index in [0.29, 0.717) is 12.1 Å². The van der Waals surface area contributed by atoms with Gasteiger partial charge in [-0.15, -0.1) is 0 Å². The minimum Gasteiger partial charge on any atom is -0.492 e. The molecule has 0 saturated carbocycles. The van der Waals surface area contributed by atoms with E-state index in [-0.39, 0.29) is 0 Å². The molecular formula is C18H29NO2. The maximum Gasteiger partial charge on any atom is 0.119 e. The van der Waals surface area contributed by atoms with Crippen LogP contribution < -0.4 is 10.1 Å². The van der Waals surface area contributed by atoms with Crippen LogP contribution >= 0.6 is 0 Å². The minimum atomic E-state index is 0.437. The molecule has 0 aliphatic carbocycles. The predicted octanol–water partition coefficient (Wildman–Crippen LogP) is 3.78. The zero-order chi connectivity index (χ0) is 14.8. The fourth-order valence-electron chi connectivity index (χ4n) is 2.77. The molecule has 3 heteroatoms. The lowest BCUT2D eigenvalue weighted by atomic mass is 10.1. The Kier molecular flexibility index (Phi) is 7.61. The molecule has 2 rings (SSSR count). The van der Waals surface area contributed by atoms with Gasteiger partial charge < -0.3 is 14.8 Å². The zero-order valence-corrected chi connectivity index (χ0v) is 13.2. The average molecular weight is 291 g/mol. The molecule has 1 fully saturated rings. The molecule has 1 N–H and O–H groups in total. The monoisotopic (exact) mass is 291 g/mol. The first-order valence-electron chi connectivity index (χ1n) is 8.41. The number of para-hydroxylation sites is 1. The summed E-state index contributed by atoms with van der Waals surface area (Å²) in [5.41, 5.74) is 0. The van der Waals surface area contributed by atoms with E-state index < -0.39 is 0 Å². The number of ether oxygens (including phenoxy) is 2. The van der Waals surface area contributed by atoms with Gasteiger partial charge in [-0.1, -0.05) is 25.1 Å². The molecule has 118 valence electrons. The smallest absolute Gasteiger partial charge is 0.119 e. The summed E-state index contributed by atoms with van der Waals surface area (Å²) in [6.45, 7) is 4.96. The van der Waals surface area contributed by atoms with Crippen molar-refractivity contribution in [3.8, 4) is 5.75 Å². The summed E-state index contributed by atoms with van der Waals surface area (Å²) in [7, 11) is 0. The van der Waals surface area contributed by atoms with Crippen LogP contribution in [0, 0.1) is 0 Å². The fourth-order valence-corrected chi connectivity index (χ4v) is 2.77. The van der Waals surface area contributed by atoms with Crippen LogP contribution in [-0.2, 0) is 4.74 Å². The molecule has 1 saturated heterocycles. The fraction of sp³-hybridized carbons (Fsp3) is 0.667. The Morgan fingerprint density at radius 1 is 1.33 bits per heavy atom. The molecular weight excluding hydrogens is 262 g/mol. The Morgan fingerprint density at radius 3 is 2.90 bits per heavy atom. The van der Waals surface area contributed by atoms with E-state index in [1.54, 1.807) is 0 Å². The Balaban J connectivity index is 1.68. The van der Waals surface area contributed by atoms with Crippen LogP contribution in [0.25, 0.3) is 0 Å². The third-order valence-electron chi connectivity index (χ3n) is 3.98. The number of rotatable bonds is 10. The molecule has 3 nitrogen and oxygen atoms in total. The van der Waals surface area contributed by atoms with Gasteiger partial charge in [0.15, 0.2) is 0 Å². The van der Waals surface area contributed by atoms with Gasteiger partial charge in [0.2, 0.25) is 0 Å². The van der Waals surface area contributed by atoms with Crippen molar-refractivity contribution in [1.82, 2.24) is 5.32 Å². The summed E-state index contributed by atoms with van der Waals surface area (Å²) < 4.78 is 11.6. The Bertz CT molecular complexity index is 363. The first kappa shape index (κ1) is 16.3. The van der Waals surface area contributed by atoms with Gasteiger partial charge in [-0.05, 0) is 57.2 Å². The second kappa shape index (κ2) is 9.80. The summed E-state index contributed by atoms with van der Waals surface area (Å²) in [6, 6.07) is 10.5. The molecule has 1 aromatic rings. The first-order chi connectivity index (χ1) is 10.4. The molecule has 1 aromatic carbocycles. The number of hydrogen-bond donors (Lipinski definition) is 1. The van der Waals surface area contributed by atoms with Crippen LogP contribution in [0.3, 0.4) is 0 Å². The largest absolute Gasteiger partial charge is 0.492 e. The molecule has 21 heavy (non-hydrogen) atoms. The highest BCUT2D eigenvalue weighted by Crippen LogP contribution is 2.18. The summed E-state index contributed by atoms with van der Waals surface area (Å²) in [5, 5.41) is 3.60. The van der Waals surface area contributed by atoms with Crippen molar-refractivity contribution in [2.24, 2.45) is 0 Å². The van der Waals surface area contributed by atoms with Gasteiger partial charge in [-0.3, -0.25) is 0 Å². The van der Waals surface area contributed by atoms with Crippen molar-refractivity contribution in [2.45, 2.75) is 57.6 Å². The second-order valence-electron chi connectivity index (χ2n) is 5.84. The van der Waals surface area contributed by atoms with Crippen LogP contribution in [0.2, 0.25) is 0 Å². The lowest BCUT2D eigenvalue weighted by Gasteiger charge is -2.20. The molecule has 1 aliphatic rings. The van der Waals surface area contributed by atoms with E-state index in [2.05, 4.69) is 12.2 Å². The van der Waals surface area contributed by atoms with Crippen molar-refractivity contribution in [3.63, 3.8) is 0 Å². The molecule has 2 unspecified atom stereocenters. The Labute approximate surface area is 129 Å². The van der Waals surface area contributed by atoms with E-state index >= 15 is 0 Å². The molecule has 1 heterocycles. The first-order valence-corrected chi connectivity index (χ1v) is 8.41. The predicted molar refractivity (Wildman–Crippen MR) is 86.8 cm³/mol. The van der Waals surface area contributed by atoms with E-state index in [1.807, 2.05) is 30.3 Å². The van der Waals surface area contributed by atoms with Gasteiger partial charge in [0.1, 0.15) is 12.4 Å². The van der Waals surface area contributed by atoms with Crippen molar-refractivity contribution in [3.05, 3.63) is 30.3 Å². The topological polar surface area (TPSA) is 30.5 Å². The van der Waals surface area contributed by atoms with Crippen LogP contribution in [0.5, 0.6) is 5.75 Å². The molecule has 0 bridgehead atoms. The van der Waals surface area contributed by atoms with Crippen molar-refractivity contribution in [2.75, 3.05) is 19.8 Å². The van der Waals surface area contributed by atoms with Gasteiger partial charge in [0.25, 0.3) is 0 Å². The van der Waals surface area contributed by atoms with Gasteiger partial charge >= 0.3 is 0 Å². The molecule has 0 amide bonds. The van der Waals surface area contributed by atoms with E-state index in [1.165, 1.54) is 25.7 Å². The third kappa shape index (κ3) is 6.49. The van der Waals surface area contributed by atoms with Gasteiger partial charge in [0, 0.05) is 12.6 Å². The number of nitrogens with one attached hydrogen (secondary N) is 1. The zero-order valence-electron chi connectivity index (χ0n) is 13.2. The summed E-state index contributed by atoms with van der Waals surface area (Å²) in [6.07, 6.45) is 7.71. The summed E-state index contributed by atoms with van der Waals surface area (Å²) >= 11 is 0. The summed E-state index contributed by atoms with van der Waals surface area (Å²) in [5.74, 6) is 0.958. The number of benzene rings is 1. The number of hydrogen-bond acceptors (Lipinski definition) is 3. The molecule has 1 aliphatic heterocycles. The third-order valence-corrected chi connectivity index (χ3v) is 3.98. The average Bonchev–Trinajstić information content (AvgIpc) is 3.04. The van der Waals surface area contributed by atoms with Crippen molar-refractivity contribution >= 4 is 0 Å². The maximum atomic E-state index is 5.89. The van der Waals surface area contributed by atoms with E-state index in [9.17, 15) is 0 Å². The van der Waals surface area contributed by atoms with Gasteiger partial charge in [0.05, 0.1) is 6.10 Å². The lowest BCUT2D eigenvalue weighted by molar-refractivity contribution is 0.100. The maximum absolute atomic E-state index is 5.89. The van der Waals surface area contributed by atoms with Crippen LogP contribution in [0.15, 0.2) is 30.3 Å². The quantitative estimate of drug-likeness (QED) is 0.711. The highest BCUT2D eigenvalue weighted by Gasteiger charge is 2.16. The molecule has 2 atom stereocenters. The van der Waals surface area contributed by atoms with Crippen LogP contribution in [0.4, 0.5) is 0 Å². The van der Waals surface area contributed by atoms with E-state index in [0.717, 1.165) is 38.3 Å². The standard InChI is InChI=1S/C18H29NO2/c1-2-13-19-16(8-6-11-17-12-7-14-20-17)15-21-18-9-4-3-5-10-18/h3-5,9-10,16-17,19H,2,6-8,11-15H2,1H3. The Morgan fingerprint density at radius 2 is 2.19 bits per heavy atom. The lowest BCUT2D eigenvalue weighted by Crippen LogP contribution is -2.35. The summed E-state index contributed by atoms with van der Waals surface area (Å²) in [4.78, 5) is 0. The van der Waals surface area contributed by atoms with Crippen LogP contribution in [0.1, 0.15) is 45.4 Å². The highest BCUT2D eigenvalue weighted by atomic mass is 16.5. The normalized spacial score (nSPS) is 19.6. The highest BCUT2D eigenvalue weighted by molar-refractivity contribution is 5.20. The SMILES string of the molecule is CCCNC(CCCC1CCCO1)COc1ccccc1. The van der Waals surface area contributed by atoms with Crippen LogP contribution in [-0.4, -0.2) is 31.9 Å². The molecule has 0 radical (unpaired) electrons. The molecule has 0 aromatic heterocycles. The van der Waals surface area contributed by atoms with Gasteiger partial charge in [-0.25, -0.2) is 0 Å². The Hall–Kier alpha value is -1.06. The van der Waals surface area contributed by atoms with Crippen molar-refractivity contribution in [1.29, 1.82) is 0 Å². The minimum absolute atomic E-state index is 0.437. The van der Waals surface area contributed by atoms with Gasteiger partial charge in [-0.2, -0.15) is 0 Å². The van der Waals surface area contributed by atoms with Crippen molar-refractivity contribution < 1.29 is 9.47 Å².